The average Bonchev–Trinajstić information content (AvgIpc) is 2.16. The summed E-state index contributed by atoms with van der Waals surface area (Å²) in [6, 6.07) is 7.30. The quantitative estimate of drug-likeness (QED) is 0.771. The van der Waals surface area contributed by atoms with E-state index in [1.807, 2.05) is 19.1 Å². The van der Waals surface area contributed by atoms with Gasteiger partial charge in [0.25, 0.3) is 0 Å². The Morgan fingerprint density at radius 3 is 2.93 bits per heavy atom. The first-order chi connectivity index (χ1) is 6.63. The minimum absolute atomic E-state index is 0.480. The third-order valence-corrected chi connectivity index (χ3v) is 2.01. The van der Waals surface area contributed by atoms with E-state index < -0.39 is 0 Å². The number of halogens is 1. The van der Waals surface area contributed by atoms with Crippen LogP contribution in [0.5, 0.6) is 0 Å². The minimum Gasteiger partial charge on any atom is -0.381 e. The van der Waals surface area contributed by atoms with Crippen molar-refractivity contribution in [1.29, 1.82) is 5.26 Å². The maximum atomic E-state index is 8.74. The average molecular weight is 207 g/mol. The van der Waals surface area contributed by atoms with Crippen LogP contribution in [0, 0.1) is 11.3 Å². The number of hydrogen-bond acceptors (Lipinski definition) is 2. The van der Waals surface area contributed by atoms with E-state index in [-0.39, 0.29) is 0 Å². The number of nitrogens with zero attached hydrogens (tertiary/aromatic N) is 1. The Kier molecular flexibility index (Phi) is 3.55. The Morgan fingerprint density at radius 2 is 2.36 bits per heavy atom. The lowest BCUT2D eigenvalue weighted by atomic mass is 10.2. The van der Waals surface area contributed by atoms with Crippen LogP contribution in [-0.4, -0.2) is 6.54 Å². The third-order valence-electron chi connectivity index (χ3n) is 1.68. The molecule has 0 heterocycles. The van der Waals surface area contributed by atoms with Crippen LogP contribution >= 0.6 is 11.6 Å². The fourth-order valence-corrected chi connectivity index (χ4v) is 1.13. The van der Waals surface area contributed by atoms with Crippen LogP contribution in [0.3, 0.4) is 0 Å². The summed E-state index contributed by atoms with van der Waals surface area (Å²) < 4.78 is 0. The van der Waals surface area contributed by atoms with Gasteiger partial charge in [-0.25, -0.2) is 0 Å². The Bertz CT molecular complexity index is 391. The Labute approximate surface area is 88.8 Å². The van der Waals surface area contributed by atoms with Gasteiger partial charge < -0.3 is 5.32 Å². The molecule has 0 amide bonds. The van der Waals surface area contributed by atoms with Gasteiger partial charge in [-0.1, -0.05) is 23.8 Å². The second-order valence-electron chi connectivity index (χ2n) is 3.12. The summed E-state index contributed by atoms with van der Waals surface area (Å²) in [5, 5.41) is 12.4. The first kappa shape index (κ1) is 10.6. The summed E-state index contributed by atoms with van der Waals surface area (Å²) in [6.07, 6.45) is 0. The Morgan fingerprint density at radius 1 is 1.64 bits per heavy atom. The molecule has 1 aromatic carbocycles. The zero-order valence-electron chi connectivity index (χ0n) is 7.97. The van der Waals surface area contributed by atoms with Crippen molar-refractivity contribution >= 4 is 17.3 Å². The Hall–Kier alpha value is -1.46. The van der Waals surface area contributed by atoms with Gasteiger partial charge in [0.2, 0.25) is 0 Å². The topological polar surface area (TPSA) is 35.8 Å². The first-order valence-electron chi connectivity index (χ1n) is 4.21. The molecule has 0 bridgehead atoms. The van der Waals surface area contributed by atoms with Crippen molar-refractivity contribution < 1.29 is 0 Å². The second kappa shape index (κ2) is 4.69. The van der Waals surface area contributed by atoms with Crippen molar-refractivity contribution in [2.45, 2.75) is 6.92 Å². The number of nitrogens with one attached hydrogen (secondary N) is 1. The van der Waals surface area contributed by atoms with Crippen LogP contribution in [0.1, 0.15) is 12.5 Å². The highest BCUT2D eigenvalue weighted by Gasteiger charge is 2.00. The van der Waals surface area contributed by atoms with Crippen molar-refractivity contribution in [2.24, 2.45) is 0 Å². The molecule has 3 heteroatoms. The van der Waals surface area contributed by atoms with Crippen LogP contribution in [0.15, 0.2) is 30.4 Å². The van der Waals surface area contributed by atoms with E-state index in [2.05, 4.69) is 11.9 Å². The molecule has 0 aliphatic rings. The molecule has 0 fully saturated rings. The molecule has 14 heavy (non-hydrogen) atoms. The summed E-state index contributed by atoms with van der Waals surface area (Å²) in [7, 11) is 0. The molecule has 1 rings (SSSR count). The number of rotatable bonds is 3. The van der Waals surface area contributed by atoms with Gasteiger partial charge in [-0.2, -0.15) is 5.26 Å². The lowest BCUT2D eigenvalue weighted by Gasteiger charge is -2.06. The second-order valence-corrected chi connectivity index (χ2v) is 3.52. The third kappa shape index (κ3) is 2.79. The molecule has 0 radical (unpaired) electrons. The summed E-state index contributed by atoms with van der Waals surface area (Å²) in [5.74, 6) is 0. The normalized spacial score (nSPS) is 9.21. The molecule has 0 atom stereocenters. The summed E-state index contributed by atoms with van der Waals surface area (Å²) in [6.45, 7) is 6.42. The molecule has 72 valence electrons. The highest BCUT2D eigenvalue weighted by Crippen LogP contribution is 2.19. The van der Waals surface area contributed by atoms with Crippen molar-refractivity contribution in [3.63, 3.8) is 0 Å². The minimum atomic E-state index is 0.480. The molecule has 0 spiro atoms. The highest BCUT2D eigenvalue weighted by atomic mass is 35.5. The lowest BCUT2D eigenvalue weighted by Crippen LogP contribution is -2.01. The predicted octanol–water partition coefficient (Wildman–Crippen LogP) is 3.20. The van der Waals surface area contributed by atoms with Gasteiger partial charge in [-0.3, -0.25) is 0 Å². The van der Waals surface area contributed by atoms with Crippen LogP contribution in [-0.2, 0) is 0 Å². The maximum absolute atomic E-state index is 8.74. The fraction of sp³-hybridized carbons (Fsp3) is 0.182. The van der Waals surface area contributed by atoms with Gasteiger partial charge in [-0.05, 0) is 25.1 Å². The molecule has 0 aliphatic heterocycles. The molecule has 0 saturated carbocycles. The number of anilines is 1. The predicted molar refractivity (Wildman–Crippen MR) is 59.5 cm³/mol. The zero-order chi connectivity index (χ0) is 10.6. The first-order valence-corrected chi connectivity index (χ1v) is 4.59. The van der Waals surface area contributed by atoms with Gasteiger partial charge >= 0.3 is 0 Å². The summed E-state index contributed by atoms with van der Waals surface area (Å²) in [5.41, 5.74) is 2.41. The molecule has 0 aliphatic carbocycles. The lowest BCUT2D eigenvalue weighted by molar-refractivity contribution is 1.22. The van der Waals surface area contributed by atoms with E-state index in [4.69, 9.17) is 16.9 Å². The molecule has 2 nitrogen and oxygen atoms in total. The fourth-order valence-electron chi connectivity index (χ4n) is 0.974. The standard InChI is InChI=1S/C11H11ClN2/c1-8(2)7-14-10-3-4-11(12)9(5-10)6-13/h3-5,14H,1,7H2,2H3. The van der Waals surface area contributed by atoms with Crippen molar-refractivity contribution in [1.82, 2.24) is 0 Å². The van der Waals surface area contributed by atoms with E-state index >= 15 is 0 Å². The Balaban J connectivity index is 2.80. The van der Waals surface area contributed by atoms with Gasteiger partial charge in [-0.15, -0.1) is 0 Å². The SMILES string of the molecule is C=C(C)CNc1ccc(Cl)c(C#N)c1. The molecule has 0 aromatic heterocycles. The van der Waals surface area contributed by atoms with E-state index in [1.54, 1.807) is 12.1 Å². The summed E-state index contributed by atoms with van der Waals surface area (Å²) in [4.78, 5) is 0. The van der Waals surface area contributed by atoms with E-state index in [1.165, 1.54) is 0 Å². The maximum Gasteiger partial charge on any atom is 0.101 e. The smallest absolute Gasteiger partial charge is 0.101 e. The molecule has 0 unspecified atom stereocenters. The van der Waals surface area contributed by atoms with Crippen LogP contribution in [0.2, 0.25) is 5.02 Å². The van der Waals surface area contributed by atoms with Crippen LogP contribution in [0.4, 0.5) is 5.69 Å². The molecule has 1 aromatic rings. The van der Waals surface area contributed by atoms with Crippen LogP contribution in [0.25, 0.3) is 0 Å². The van der Waals surface area contributed by atoms with E-state index in [0.717, 1.165) is 11.3 Å². The molecule has 0 saturated heterocycles. The van der Waals surface area contributed by atoms with Crippen molar-refractivity contribution in [2.75, 3.05) is 11.9 Å². The number of nitriles is 1. The van der Waals surface area contributed by atoms with Gasteiger partial charge in [0, 0.05) is 12.2 Å². The summed E-state index contributed by atoms with van der Waals surface area (Å²) >= 11 is 5.79. The molecular formula is C11H11ClN2. The van der Waals surface area contributed by atoms with E-state index in [9.17, 15) is 0 Å². The molecule has 1 N–H and O–H groups in total. The van der Waals surface area contributed by atoms with Crippen LogP contribution < -0.4 is 5.32 Å². The van der Waals surface area contributed by atoms with Crippen molar-refractivity contribution in [3.05, 3.63) is 40.9 Å². The molecular weight excluding hydrogens is 196 g/mol. The van der Waals surface area contributed by atoms with Gasteiger partial charge in [0.1, 0.15) is 6.07 Å². The number of hydrogen-bond donors (Lipinski definition) is 1. The number of benzene rings is 1. The van der Waals surface area contributed by atoms with E-state index in [0.29, 0.717) is 17.1 Å². The zero-order valence-corrected chi connectivity index (χ0v) is 8.73. The van der Waals surface area contributed by atoms with Crippen molar-refractivity contribution in [3.8, 4) is 6.07 Å². The van der Waals surface area contributed by atoms with Gasteiger partial charge in [0.15, 0.2) is 0 Å². The van der Waals surface area contributed by atoms with Gasteiger partial charge in [0.05, 0.1) is 10.6 Å². The largest absolute Gasteiger partial charge is 0.381 e. The monoisotopic (exact) mass is 206 g/mol. The highest BCUT2D eigenvalue weighted by molar-refractivity contribution is 6.31.